The first kappa shape index (κ1) is 13.9. The number of rotatable bonds is 3. The van der Waals surface area contributed by atoms with Crippen molar-refractivity contribution in [3.05, 3.63) is 38.0 Å². The number of halogens is 3. The Morgan fingerprint density at radius 3 is 3.00 bits per heavy atom. The summed E-state index contributed by atoms with van der Waals surface area (Å²) >= 11 is 5.30. The maximum absolute atomic E-state index is 13.3. The number of nitrogens with one attached hydrogen (secondary N) is 2. The van der Waals surface area contributed by atoms with E-state index in [9.17, 15) is 4.39 Å². The SMILES string of the molecule is N#CC(=CNc1cc(F)cc(Br)c1I)c1nn[nH]n1. The minimum absolute atomic E-state index is 0.167. The van der Waals surface area contributed by atoms with Crippen LogP contribution in [0, 0.1) is 20.7 Å². The molecule has 0 atom stereocenters. The average Bonchev–Trinajstić information content (AvgIpc) is 2.89. The third kappa shape index (κ3) is 3.27. The number of aromatic nitrogens is 4. The quantitative estimate of drug-likeness (QED) is 0.440. The first-order chi connectivity index (χ1) is 9.11. The molecule has 1 heterocycles. The molecular weight excluding hydrogens is 430 g/mol. The molecule has 0 fully saturated rings. The molecule has 2 N–H and O–H groups in total. The van der Waals surface area contributed by atoms with Crippen LogP contribution in [-0.4, -0.2) is 20.6 Å². The van der Waals surface area contributed by atoms with Gasteiger partial charge in [0.2, 0.25) is 5.82 Å². The number of hydrogen-bond donors (Lipinski definition) is 2. The van der Waals surface area contributed by atoms with Gasteiger partial charge in [-0.2, -0.15) is 10.5 Å². The van der Waals surface area contributed by atoms with Gasteiger partial charge >= 0.3 is 0 Å². The molecule has 0 amide bonds. The smallest absolute Gasteiger partial charge is 0.216 e. The molecule has 0 aliphatic heterocycles. The van der Waals surface area contributed by atoms with E-state index in [2.05, 4.69) is 64.5 Å². The normalized spacial score (nSPS) is 11.2. The number of nitriles is 1. The molecule has 1 aromatic heterocycles. The number of H-pyrrole nitrogens is 1. The van der Waals surface area contributed by atoms with E-state index >= 15 is 0 Å². The van der Waals surface area contributed by atoms with Crippen LogP contribution in [-0.2, 0) is 0 Å². The van der Waals surface area contributed by atoms with Crippen molar-refractivity contribution < 1.29 is 4.39 Å². The van der Waals surface area contributed by atoms with Crippen LogP contribution in [0.15, 0.2) is 22.8 Å². The van der Waals surface area contributed by atoms with Crippen molar-refractivity contribution in [3.8, 4) is 6.07 Å². The topological polar surface area (TPSA) is 90.3 Å². The Hall–Kier alpha value is -1.54. The minimum atomic E-state index is -0.388. The predicted molar refractivity (Wildman–Crippen MR) is 78.2 cm³/mol. The van der Waals surface area contributed by atoms with Gasteiger partial charge in [0.25, 0.3) is 0 Å². The Kier molecular flexibility index (Phi) is 4.43. The lowest BCUT2D eigenvalue weighted by Gasteiger charge is -2.06. The van der Waals surface area contributed by atoms with Crippen LogP contribution in [0.25, 0.3) is 5.57 Å². The van der Waals surface area contributed by atoms with Gasteiger partial charge in [-0.25, -0.2) is 4.39 Å². The zero-order chi connectivity index (χ0) is 13.8. The third-order valence-corrected chi connectivity index (χ3v) is 4.60. The van der Waals surface area contributed by atoms with Crippen molar-refractivity contribution in [1.82, 2.24) is 20.6 Å². The second-order valence-corrected chi connectivity index (χ2v) is 5.23. The van der Waals surface area contributed by atoms with Gasteiger partial charge in [-0.15, -0.1) is 10.2 Å². The molecular formula is C10H5BrFIN6. The fraction of sp³-hybridized carbons (Fsp3) is 0. The molecule has 0 saturated heterocycles. The van der Waals surface area contributed by atoms with E-state index < -0.39 is 0 Å². The number of allylic oxidation sites excluding steroid dienone is 1. The number of tetrazole rings is 1. The summed E-state index contributed by atoms with van der Waals surface area (Å²) in [5, 5.41) is 24.8. The van der Waals surface area contributed by atoms with Crippen molar-refractivity contribution in [3.63, 3.8) is 0 Å². The number of anilines is 1. The largest absolute Gasteiger partial charge is 0.359 e. The molecule has 6 nitrogen and oxygen atoms in total. The van der Waals surface area contributed by atoms with E-state index in [1.165, 1.54) is 18.3 Å². The number of benzene rings is 1. The fourth-order valence-corrected chi connectivity index (χ4v) is 2.13. The van der Waals surface area contributed by atoms with E-state index in [1.807, 2.05) is 6.07 Å². The summed E-state index contributed by atoms with van der Waals surface area (Å²) in [6, 6.07) is 4.62. The molecule has 2 rings (SSSR count). The zero-order valence-corrected chi connectivity index (χ0v) is 12.9. The predicted octanol–water partition coefficient (Wildman–Crippen LogP) is 2.68. The van der Waals surface area contributed by atoms with E-state index in [1.54, 1.807) is 0 Å². The molecule has 0 radical (unpaired) electrons. The van der Waals surface area contributed by atoms with Gasteiger partial charge in [-0.3, -0.25) is 0 Å². The van der Waals surface area contributed by atoms with Gasteiger partial charge in [0.1, 0.15) is 17.5 Å². The monoisotopic (exact) mass is 434 g/mol. The molecule has 9 heteroatoms. The van der Waals surface area contributed by atoms with Gasteiger partial charge in [-0.1, -0.05) is 0 Å². The lowest BCUT2D eigenvalue weighted by atomic mass is 10.3. The van der Waals surface area contributed by atoms with Crippen LogP contribution in [0.5, 0.6) is 0 Å². The number of hydrogen-bond acceptors (Lipinski definition) is 5. The summed E-state index contributed by atoms with van der Waals surface area (Å²) in [5.74, 6) is -0.221. The first-order valence-corrected chi connectivity index (χ1v) is 6.74. The maximum atomic E-state index is 13.3. The lowest BCUT2D eigenvalue weighted by Crippen LogP contribution is -1.96. The van der Waals surface area contributed by atoms with E-state index in [4.69, 9.17) is 5.26 Å². The van der Waals surface area contributed by atoms with Gasteiger partial charge < -0.3 is 5.32 Å². The van der Waals surface area contributed by atoms with E-state index in [0.29, 0.717) is 10.2 Å². The van der Waals surface area contributed by atoms with Crippen molar-refractivity contribution in [2.45, 2.75) is 0 Å². The Bertz CT molecular complexity index is 663. The summed E-state index contributed by atoms with van der Waals surface area (Å²) in [5.41, 5.74) is 0.716. The van der Waals surface area contributed by atoms with Crippen LogP contribution in [0.4, 0.5) is 10.1 Å². The standard InChI is InChI=1S/C10H5BrFIN6/c11-7-1-6(12)2-8(9(7)13)15-4-5(3-14)10-16-18-19-17-10/h1-2,4,15H,(H,16,17,18,19). The molecule has 1 aromatic carbocycles. The van der Waals surface area contributed by atoms with Crippen LogP contribution in [0.2, 0.25) is 0 Å². The van der Waals surface area contributed by atoms with Crippen LogP contribution < -0.4 is 5.32 Å². The number of aromatic amines is 1. The summed E-state index contributed by atoms with van der Waals surface area (Å²) in [7, 11) is 0. The van der Waals surface area contributed by atoms with Gasteiger partial charge in [0.05, 0.1) is 9.26 Å². The van der Waals surface area contributed by atoms with E-state index in [-0.39, 0.29) is 17.2 Å². The minimum Gasteiger partial charge on any atom is -0.359 e. The summed E-state index contributed by atoms with van der Waals surface area (Å²) < 4.78 is 14.7. The molecule has 0 spiro atoms. The summed E-state index contributed by atoms with van der Waals surface area (Å²) in [6.45, 7) is 0. The lowest BCUT2D eigenvalue weighted by molar-refractivity contribution is 0.627. The third-order valence-electron chi connectivity index (χ3n) is 2.07. The van der Waals surface area contributed by atoms with Crippen molar-refractivity contribution in [1.29, 1.82) is 5.26 Å². The van der Waals surface area contributed by atoms with Gasteiger partial charge in [-0.05, 0) is 55.9 Å². The van der Waals surface area contributed by atoms with Crippen molar-refractivity contribution >= 4 is 49.8 Å². The highest BCUT2D eigenvalue weighted by Gasteiger charge is 2.08. The Balaban J connectivity index is 2.30. The summed E-state index contributed by atoms with van der Waals surface area (Å²) in [6.07, 6.45) is 1.40. The molecule has 0 saturated carbocycles. The van der Waals surface area contributed by atoms with Gasteiger partial charge in [0, 0.05) is 10.7 Å². The Labute approximate surface area is 129 Å². The van der Waals surface area contributed by atoms with E-state index in [0.717, 1.165) is 3.57 Å². The van der Waals surface area contributed by atoms with Gasteiger partial charge in [0.15, 0.2) is 0 Å². The zero-order valence-electron chi connectivity index (χ0n) is 9.15. The molecule has 19 heavy (non-hydrogen) atoms. The molecule has 0 aliphatic carbocycles. The molecule has 0 bridgehead atoms. The summed E-state index contributed by atoms with van der Waals surface area (Å²) in [4.78, 5) is 0. The maximum Gasteiger partial charge on any atom is 0.216 e. The van der Waals surface area contributed by atoms with Crippen molar-refractivity contribution in [2.75, 3.05) is 5.32 Å². The highest BCUT2D eigenvalue weighted by Crippen LogP contribution is 2.28. The van der Waals surface area contributed by atoms with Crippen molar-refractivity contribution in [2.24, 2.45) is 0 Å². The second kappa shape index (κ2) is 6.07. The molecule has 0 aliphatic rings. The Morgan fingerprint density at radius 1 is 1.58 bits per heavy atom. The number of nitrogens with zero attached hydrogens (tertiary/aromatic N) is 4. The highest BCUT2D eigenvalue weighted by atomic mass is 127. The Morgan fingerprint density at radius 2 is 2.37 bits per heavy atom. The van der Waals surface area contributed by atoms with Crippen LogP contribution in [0.1, 0.15) is 5.82 Å². The first-order valence-electron chi connectivity index (χ1n) is 4.87. The van der Waals surface area contributed by atoms with Crippen LogP contribution in [0.3, 0.4) is 0 Å². The molecule has 0 unspecified atom stereocenters. The highest BCUT2D eigenvalue weighted by molar-refractivity contribution is 14.1. The average molecular weight is 435 g/mol. The van der Waals surface area contributed by atoms with Crippen LogP contribution >= 0.6 is 38.5 Å². The molecule has 2 aromatic rings. The second-order valence-electron chi connectivity index (χ2n) is 3.30. The molecule has 96 valence electrons. The fourth-order valence-electron chi connectivity index (χ4n) is 1.23.